The summed E-state index contributed by atoms with van der Waals surface area (Å²) in [5.41, 5.74) is 2.65. The zero-order valence-electron chi connectivity index (χ0n) is 12.4. The lowest BCUT2D eigenvalue weighted by atomic mass is 9.74. The SMILES string of the molecule is Cc1ncnc2c1C(C(C)C)(C(C)C)OC21COC1. The lowest BCUT2D eigenvalue weighted by Gasteiger charge is -2.44. The van der Waals surface area contributed by atoms with Crippen LogP contribution in [0, 0.1) is 18.8 Å². The predicted octanol–water partition coefficient (Wildman–Crippen LogP) is 2.55. The Kier molecular flexibility index (Phi) is 2.74. The van der Waals surface area contributed by atoms with Crippen LogP contribution in [0.2, 0.25) is 0 Å². The highest BCUT2D eigenvalue weighted by Crippen LogP contribution is 2.56. The van der Waals surface area contributed by atoms with E-state index in [1.165, 1.54) is 5.56 Å². The van der Waals surface area contributed by atoms with Gasteiger partial charge in [0.25, 0.3) is 0 Å². The molecule has 0 unspecified atom stereocenters. The molecule has 0 N–H and O–H groups in total. The molecule has 0 atom stereocenters. The first-order valence-electron chi connectivity index (χ1n) is 7.04. The van der Waals surface area contributed by atoms with Crippen LogP contribution >= 0.6 is 0 Å². The third-order valence-corrected chi connectivity index (χ3v) is 4.61. The zero-order valence-corrected chi connectivity index (χ0v) is 12.4. The normalized spacial score (nSPS) is 22.9. The number of aromatic nitrogens is 2. The molecular formula is C15H22N2O2. The lowest BCUT2D eigenvalue weighted by molar-refractivity contribution is -0.277. The van der Waals surface area contributed by atoms with Crippen LogP contribution in [-0.4, -0.2) is 23.2 Å². The summed E-state index contributed by atoms with van der Waals surface area (Å²) < 4.78 is 12.0. The molecule has 0 aromatic carbocycles. The van der Waals surface area contributed by atoms with E-state index in [0.29, 0.717) is 25.0 Å². The fraction of sp³-hybridized carbons (Fsp3) is 0.733. The summed E-state index contributed by atoms with van der Waals surface area (Å²) in [6.45, 7) is 12.1. The molecule has 4 heteroatoms. The van der Waals surface area contributed by atoms with Gasteiger partial charge in [-0.3, -0.25) is 0 Å². The predicted molar refractivity (Wildman–Crippen MR) is 71.7 cm³/mol. The molecule has 0 aliphatic carbocycles. The van der Waals surface area contributed by atoms with Gasteiger partial charge in [-0.15, -0.1) is 0 Å². The maximum absolute atomic E-state index is 6.62. The molecule has 1 spiro atoms. The fourth-order valence-corrected chi connectivity index (χ4v) is 3.67. The second kappa shape index (κ2) is 4.00. The van der Waals surface area contributed by atoms with E-state index >= 15 is 0 Å². The highest BCUT2D eigenvalue weighted by molar-refractivity contribution is 5.41. The van der Waals surface area contributed by atoms with E-state index < -0.39 is 0 Å². The van der Waals surface area contributed by atoms with Gasteiger partial charge in [0, 0.05) is 11.3 Å². The molecule has 2 aliphatic heterocycles. The number of hydrogen-bond donors (Lipinski definition) is 0. The minimum absolute atomic E-state index is 0.301. The molecule has 1 saturated heterocycles. The number of aryl methyl sites for hydroxylation is 1. The van der Waals surface area contributed by atoms with E-state index in [9.17, 15) is 0 Å². The summed E-state index contributed by atoms with van der Waals surface area (Å²) in [7, 11) is 0. The smallest absolute Gasteiger partial charge is 0.158 e. The summed E-state index contributed by atoms with van der Waals surface area (Å²) in [6, 6.07) is 0. The van der Waals surface area contributed by atoms with Crippen LogP contribution in [-0.2, 0) is 20.7 Å². The van der Waals surface area contributed by atoms with E-state index in [4.69, 9.17) is 9.47 Å². The maximum Gasteiger partial charge on any atom is 0.158 e. The topological polar surface area (TPSA) is 44.2 Å². The average molecular weight is 262 g/mol. The number of fused-ring (bicyclic) bond motifs is 2. The molecule has 1 aromatic rings. The third kappa shape index (κ3) is 1.47. The number of rotatable bonds is 2. The summed E-state index contributed by atoms with van der Waals surface area (Å²) in [5, 5.41) is 0. The number of ether oxygens (including phenoxy) is 2. The second-order valence-electron chi connectivity index (χ2n) is 6.37. The molecule has 0 radical (unpaired) electrons. The lowest BCUT2D eigenvalue weighted by Crippen LogP contribution is -2.50. The quantitative estimate of drug-likeness (QED) is 0.821. The van der Waals surface area contributed by atoms with E-state index in [1.807, 2.05) is 0 Å². The van der Waals surface area contributed by atoms with Crippen LogP contribution in [0.3, 0.4) is 0 Å². The minimum Gasteiger partial charge on any atom is -0.374 e. The molecule has 3 heterocycles. The Morgan fingerprint density at radius 3 is 2.21 bits per heavy atom. The summed E-state index contributed by atoms with van der Waals surface area (Å²) in [4.78, 5) is 8.94. The van der Waals surface area contributed by atoms with E-state index in [0.717, 1.165) is 11.4 Å². The van der Waals surface area contributed by atoms with Crippen molar-refractivity contribution in [2.75, 3.05) is 13.2 Å². The molecule has 0 bridgehead atoms. The van der Waals surface area contributed by atoms with Gasteiger partial charge in [0.2, 0.25) is 0 Å². The number of hydrogen-bond acceptors (Lipinski definition) is 4. The minimum atomic E-state index is -0.336. The first-order chi connectivity index (χ1) is 8.94. The van der Waals surface area contributed by atoms with Crippen molar-refractivity contribution in [2.45, 2.75) is 45.8 Å². The van der Waals surface area contributed by atoms with Gasteiger partial charge in [-0.25, -0.2) is 9.97 Å². The molecule has 0 amide bonds. The molecule has 1 fully saturated rings. The van der Waals surface area contributed by atoms with Gasteiger partial charge in [-0.2, -0.15) is 0 Å². The largest absolute Gasteiger partial charge is 0.374 e. The highest BCUT2D eigenvalue weighted by atomic mass is 16.6. The molecule has 0 saturated carbocycles. The molecule has 1 aromatic heterocycles. The maximum atomic E-state index is 6.62. The Balaban J connectivity index is 2.26. The van der Waals surface area contributed by atoms with Gasteiger partial charge < -0.3 is 9.47 Å². The van der Waals surface area contributed by atoms with Gasteiger partial charge >= 0.3 is 0 Å². The van der Waals surface area contributed by atoms with E-state index in [1.54, 1.807) is 6.33 Å². The van der Waals surface area contributed by atoms with Crippen molar-refractivity contribution in [3.63, 3.8) is 0 Å². The molecule has 3 rings (SSSR count). The molecule has 19 heavy (non-hydrogen) atoms. The van der Waals surface area contributed by atoms with Crippen molar-refractivity contribution in [3.8, 4) is 0 Å². The van der Waals surface area contributed by atoms with Gasteiger partial charge in [-0.05, 0) is 18.8 Å². The van der Waals surface area contributed by atoms with Crippen LogP contribution in [0.1, 0.15) is 44.6 Å². The standard InChI is InChI=1S/C15H22N2O2/c1-9(2)15(10(3)4)12-11(5)16-8-17-13(12)14(19-15)6-18-7-14/h8-10H,6-7H2,1-5H3. The van der Waals surface area contributed by atoms with E-state index in [2.05, 4.69) is 44.6 Å². The Labute approximate surface area is 114 Å². The first kappa shape index (κ1) is 13.0. The van der Waals surface area contributed by atoms with Crippen LogP contribution in [0.15, 0.2) is 6.33 Å². The Bertz CT molecular complexity index is 499. The van der Waals surface area contributed by atoms with Crippen molar-refractivity contribution >= 4 is 0 Å². The summed E-state index contributed by atoms with van der Waals surface area (Å²) in [5.74, 6) is 0.742. The highest BCUT2D eigenvalue weighted by Gasteiger charge is 2.61. The summed E-state index contributed by atoms with van der Waals surface area (Å²) in [6.07, 6.45) is 1.65. The first-order valence-corrected chi connectivity index (χ1v) is 7.04. The van der Waals surface area contributed by atoms with Gasteiger partial charge in [0.15, 0.2) is 5.60 Å². The third-order valence-electron chi connectivity index (χ3n) is 4.61. The van der Waals surface area contributed by atoms with Gasteiger partial charge in [-0.1, -0.05) is 27.7 Å². The van der Waals surface area contributed by atoms with Crippen LogP contribution in [0.4, 0.5) is 0 Å². The Morgan fingerprint density at radius 1 is 1.11 bits per heavy atom. The average Bonchev–Trinajstić information content (AvgIpc) is 2.62. The van der Waals surface area contributed by atoms with E-state index in [-0.39, 0.29) is 11.2 Å². The van der Waals surface area contributed by atoms with Crippen LogP contribution in [0.25, 0.3) is 0 Å². The van der Waals surface area contributed by atoms with Crippen molar-refractivity contribution in [1.82, 2.24) is 9.97 Å². The summed E-state index contributed by atoms with van der Waals surface area (Å²) >= 11 is 0. The van der Waals surface area contributed by atoms with Crippen molar-refractivity contribution in [1.29, 1.82) is 0 Å². The molecule has 2 aliphatic rings. The second-order valence-corrected chi connectivity index (χ2v) is 6.37. The van der Waals surface area contributed by atoms with Crippen LogP contribution < -0.4 is 0 Å². The van der Waals surface area contributed by atoms with Crippen LogP contribution in [0.5, 0.6) is 0 Å². The zero-order chi connectivity index (χ0) is 13.8. The fourth-order valence-electron chi connectivity index (χ4n) is 3.67. The molecule has 104 valence electrons. The van der Waals surface area contributed by atoms with Crippen molar-refractivity contribution in [2.24, 2.45) is 11.8 Å². The van der Waals surface area contributed by atoms with Gasteiger partial charge in [0.05, 0.1) is 18.9 Å². The number of nitrogens with zero attached hydrogens (tertiary/aromatic N) is 2. The van der Waals surface area contributed by atoms with Crippen molar-refractivity contribution in [3.05, 3.63) is 23.3 Å². The molecule has 4 nitrogen and oxygen atoms in total. The monoisotopic (exact) mass is 262 g/mol. The molecular weight excluding hydrogens is 240 g/mol. The van der Waals surface area contributed by atoms with Crippen molar-refractivity contribution < 1.29 is 9.47 Å². The Hall–Kier alpha value is -1.00. The van der Waals surface area contributed by atoms with Gasteiger partial charge in [0.1, 0.15) is 11.9 Å². The Morgan fingerprint density at radius 2 is 1.74 bits per heavy atom.